The average Bonchev–Trinajstić information content (AvgIpc) is 3.06. The van der Waals surface area contributed by atoms with E-state index in [1.165, 1.54) is 0 Å². The summed E-state index contributed by atoms with van der Waals surface area (Å²) in [4.78, 5) is 12.5. The molecule has 0 unspecified atom stereocenters. The number of nitrogens with zero attached hydrogens (tertiary/aromatic N) is 3. The van der Waals surface area contributed by atoms with Gasteiger partial charge in [0.15, 0.2) is 0 Å². The van der Waals surface area contributed by atoms with Crippen LogP contribution in [0.15, 0.2) is 65.6 Å². The molecule has 0 bridgehead atoms. The number of hydrogen-bond donors (Lipinski definition) is 3. The first kappa shape index (κ1) is 31.9. The lowest BCUT2D eigenvalue weighted by Crippen LogP contribution is -2.32. The lowest BCUT2D eigenvalue weighted by Gasteiger charge is -2.28. The molecule has 1 saturated carbocycles. The van der Waals surface area contributed by atoms with Crippen molar-refractivity contribution in [1.82, 2.24) is 19.6 Å². The third kappa shape index (κ3) is 7.78. The van der Waals surface area contributed by atoms with Gasteiger partial charge >= 0.3 is 0 Å². The summed E-state index contributed by atoms with van der Waals surface area (Å²) >= 11 is 0. The second-order valence-electron chi connectivity index (χ2n) is 11.7. The molecule has 4 aromatic rings. The Hall–Kier alpha value is -3.47. The normalized spacial score (nSPS) is 17.3. The Labute approximate surface area is 261 Å². The summed E-state index contributed by atoms with van der Waals surface area (Å²) < 4.78 is 34.9. The van der Waals surface area contributed by atoms with Gasteiger partial charge in [0.25, 0.3) is 0 Å². The summed E-state index contributed by atoms with van der Waals surface area (Å²) in [5.74, 6) is 2.94. The summed E-state index contributed by atoms with van der Waals surface area (Å²) in [7, 11) is -1.92. The Balaban J connectivity index is 1.16. The number of anilines is 2. The molecule has 0 atom stereocenters. The van der Waals surface area contributed by atoms with Crippen molar-refractivity contribution >= 4 is 43.5 Å². The topological polar surface area (TPSA) is 108 Å². The molecule has 3 aromatic carbocycles. The SMILES string of the molecule is CCN(CC)CCCNc1nc(NCC2CCC(CNS(=O)(=O)c3cccc4ccccc34)CC2)nc2c(OC)cccc12. The number of benzene rings is 3. The van der Waals surface area contributed by atoms with Crippen LogP contribution in [-0.2, 0) is 10.0 Å². The van der Waals surface area contributed by atoms with Gasteiger partial charge in [0, 0.05) is 30.4 Å². The van der Waals surface area contributed by atoms with Crippen LogP contribution in [0.5, 0.6) is 5.75 Å². The molecular weight excluding hydrogens is 572 g/mol. The highest BCUT2D eigenvalue weighted by Crippen LogP contribution is 2.32. The monoisotopic (exact) mass is 618 g/mol. The maximum absolute atomic E-state index is 13.2. The van der Waals surface area contributed by atoms with Crippen LogP contribution in [0.2, 0.25) is 0 Å². The Morgan fingerprint density at radius 1 is 0.841 bits per heavy atom. The number of ether oxygens (including phenoxy) is 1. The highest BCUT2D eigenvalue weighted by Gasteiger charge is 2.24. The summed E-state index contributed by atoms with van der Waals surface area (Å²) in [5, 5.41) is 9.67. The van der Waals surface area contributed by atoms with Gasteiger partial charge in [-0.05, 0) is 87.2 Å². The molecular formula is C34H46N6O3S. The zero-order valence-corrected chi connectivity index (χ0v) is 27.0. The number of aromatic nitrogens is 2. The van der Waals surface area contributed by atoms with Crippen LogP contribution in [0.25, 0.3) is 21.7 Å². The molecule has 44 heavy (non-hydrogen) atoms. The quantitative estimate of drug-likeness (QED) is 0.137. The van der Waals surface area contributed by atoms with Gasteiger partial charge in [-0.15, -0.1) is 0 Å². The fourth-order valence-electron chi connectivity index (χ4n) is 6.16. The number of para-hydroxylation sites is 1. The van der Waals surface area contributed by atoms with E-state index in [1.54, 1.807) is 19.2 Å². The summed E-state index contributed by atoms with van der Waals surface area (Å²) in [6, 6.07) is 19.0. The molecule has 0 amide bonds. The van der Waals surface area contributed by atoms with Gasteiger partial charge in [-0.3, -0.25) is 0 Å². The lowest BCUT2D eigenvalue weighted by molar-refractivity contribution is 0.284. The highest BCUT2D eigenvalue weighted by atomic mass is 32.2. The minimum Gasteiger partial charge on any atom is -0.494 e. The number of sulfonamides is 1. The molecule has 1 aliphatic rings. The highest BCUT2D eigenvalue weighted by molar-refractivity contribution is 7.89. The molecule has 0 aliphatic heterocycles. The van der Waals surface area contributed by atoms with Crippen molar-refractivity contribution in [2.75, 3.05) is 57.0 Å². The molecule has 1 fully saturated rings. The van der Waals surface area contributed by atoms with E-state index in [-0.39, 0.29) is 0 Å². The van der Waals surface area contributed by atoms with E-state index >= 15 is 0 Å². The number of hydrogen-bond acceptors (Lipinski definition) is 8. The average molecular weight is 619 g/mol. The molecule has 0 saturated heterocycles. The summed E-state index contributed by atoms with van der Waals surface area (Å²) in [5.41, 5.74) is 0.793. The Kier molecular flexibility index (Phi) is 10.9. The van der Waals surface area contributed by atoms with Gasteiger partial charge in [0.1, 0.15) is 17.1 Å². The minimum absolute atomic E-state index is 0.323. The minimum atomic E-state index is -3.59. The second kappa shape index (κ2) is 15.0. The van der Waals surface area contributed by atoms with E-state index < -0.39 is 10.0 Å². The maximum atomic E-state index is 13.2. The summed E-state index contributed by atoms with van der Waals surface area (Å²) in [6.45, 7) is 9.61. The van der Waals surface area contributed by atoms with Crippen LogP contribution < -0.4 is 20.1 Å². The van der Waals surface area contributed by atoms with Crippen molar-refractivity contribution in [3.63, 3.8) is 0 Å². The Bertz CT molecular complexity index is 1630. The molecule has 1 heterocycles. The molecule has 236 valence electrons. The zero-order valence-electron chi connectivity index (χ0n) is 26.2. The fraction of sp³-hybridized carbons (Fsp3) is 0.471. The van der Waals surface area contributed by atoms with E-state index in [0.717, 1.165) is 98.1 Å². The standard InChI is InChI=1S/C34H46N6O3S/c1-4-40(5-2)22-10-21-35-33-29-14-9-15-30(43-3)32(29)38-34(39-33)36-23-25-17-19-26(20-18-25)24-37-44(41,42)31-16-8-12-27-11-6-7-13-28(27)31/h6-9,11-16,25-26,37H,4-5,10,17-24H2,1-3H3,(H2,35,36,38,39). The van der Waals surface area contributed by atoms with Crippen LogP contribution in [-0.4, -0.2) is 69.7 Å². The number of nitrogens with one attached hydrogen (secondary N) is 3. The van der Waals surface area contributed by atoms with E-state index in [0.29, 0.717) is 29.2 Å². The molecule has 10 heteroatoms. The molecule has 1 aromatic heterocycles. The number of methoxy groups -OCH3 is 1. The van der Waals surface area contributed by atoms with Crippen molar-refractivity contribution in [3.8, 4) is 5.75 Å². The van der Waals surface area contributed by atoms with E-state index in [9.17, 15) is 8.42 Å². The van der Waals surface area contributed by atoms with Crippen LogP contribution in [0.3, 0.4) is 0 Å². The van der Waals surface area contributed by atoms with Crippen molar-refractivity contribution in [3.05, 3.63) is 60.7 Å². The summed E-state index contributed by atoms with van der Waals surface area (Å²) in [6.07, 6.45) is 5.05. The van der Waals surface area contributed by atoms with Gasteiger partial charge in [0.2, 0.25) is 16.0 Å². The third-order valence-corrected chi connectivity index (χ3v) is 10.3. The van der Waals surface area contributed by atoms with Gasteiger partial charge in [-0.2, -0.15) is 4.98 Å². The fourth-order valence-corrected chi connectivity index (χ4v) is 7.51. The molecule has 3 N–H and O–H groups in total. The maximum Gasteiger partial charge on any atom is 0.241 e. The third-order valence-electron chi connectivity index (χ3n) is 8.86. The van der Waals surface area contributed by atoms with Gasteiger partial charge in [-0.1, -0.05) is 56.3 Å². The largest absolute Gasteiger partial charge is 0.494 e. The second-order valence-corrected chi connectivity index (χ2v) is 13.4. The first-order valence-corrected chi connectivity index (χ1v) is 17.4. The molecule has 0 spiro atoms. The van der Waals surface area contributed by atoms with Crippen molar-refractivity contribution in [2.24, 2.45) is 11.8 Å². The van der Waals surface area contributed by atoms with Crippen LogP contribution >= 0.6 is 0 Å². The zero-order chi connectivity index (χ0) is 30.9. The number of fused-ring (bicyclic) bond motifs is 2. The Morgan fingerprint density at radius 3 is 2.27 bits per heavy atom. The van der Waals surface area contributed by atoms with Crippen LogP contribution in [0.4, 0.5) is 11.8 Å². The van der Waals surface area contributed by atoms with E-state index in [2.05, 4.69) is 34.1 Å². The van der Waals surface area contributed by atoms with Gasteiger partial charge in [0.05, 0.1) is 12.0 Å². The predicted octanol–water partition coefficient (Wildman–Crippen LogP) is 6.13. The van der Waals surface area contributed by atoms with Crippen LogP contribution in [0.1, 0.15) is 46.0 Å². The predicted molar refractivity (Wildman–Crippen MR) is 180 cm³/mol. The van der Waals surface area contributed by atoms with E-state index in [4.69, 9.17) is 14.7 Å². The Morgan fingerprint density at radius 2 is 1.52 bits per heavy atom. The molecule has 5 rings (SSSR count). The van der Waals surface area contributed by atoms with Crippen molar-refractivity contribution in [2.45, 2.75) is 50.8 Å². The van der Waals surface area contributed by atoms with Crippen LogP contribution in [0, 0.1) is 11.8 Å². The first-order valence-electron chi connectivity index (χ1n) is 15.9. The van der Waals surface area contributed by atoms with E-state index in [1.807, 2.05) is 48.5 Å². The smallest absolute Gasteiger partial charge is 0.241 e. The van der Waals surface area contributed by atoms with Crippen molar-refractivity contribution in [1.29, 1.82) is 0 Å². The number of rotatable bonds is 15. The molecule has 9 nitrogen and oxygen atoms in total. The van der Waals surface area contributed by atoms with Gasteiger partial charge < -0.3 is 20.3 Å². The molecule has 1 aliphatic carbocycles. The van der Waals surface area contributed by atoms with Gasteiger partial charge in [-0.25, -0.2) is 18.1 Å². The lowest BCUT2D eigenvalue weighted by atomic mass is 9.82. The molecule has 0 radical (unpaired) electrons. The first-order chi connectivity index (χ1) is 21.4. The van der Waals surface area contributed by atoms with Crippen molar-refractivity contribution < 1.29 is 13.2 Å².